The van der Waals surface area contributed by atoms with Gasteiger partial charge in [0.15, 0.2) is 8.32 Å². The summed E-state index contributed by atoms with van der Waals surface area (Å²) in [6.45, 7) is 13.4. The van der Waals surface area contributed by atoms with Gasteiger partial charge in [-0.05, 0) is 31.5 Å². The summed E-state index contributed by atoms with van der Waals surface area (Å²) in [5.41, 5.74) is 0. The van der Waals surface area contributed by atoms with E-state index in [1.807, 2.05) is 0 Å². The SMILES string of the molecule is C#CCCC(C)O[Si](C)(C)C(C)(C)C. The summed E-state index contributed by atoms with van der Waals surface area (Å²) in [4.78, 5) is 0. The quantitative estimate of drug-likeness (QED) is 0.508. The van der Waals surface area contributed by atoms with Gasteiger partial charge in [0, 0.05) is 12.5 Å². The third-order valence-electron chi connectivity index (χ3n) is 3.00. The summed E-state index contributed by atoms with van der Waals surface area (Å²) in [5, 5.41) is 0.289. The van der Waals surface area contributed by atoms with Crippen molar-refractivity contribution < 1.29 is 4.43 Å². The van der Waals surface area contributed by atoms with Crippen LogP contribution in [0.15, 0.2) is 0 Å². The van der Waals surface area contributed by atoms with Gasteiger partial charge in [0.25, 0.3) is 0 Å². The molecule has 0 aliphatic rings. The minimum atomic E-state index is -1.59. The molecule has 0 amide bonds. The van der Waals surface area contributed by atoms with Crippen LogP contribution in [-0.2, 0) is 4.43 Å². The van der Waals surface area contributed by atoms with Gasteiger partial charge >= 0.3 is 0 Å². The van der Waals surface area contributed by atoms with Gasteiger partial charge in [-0.2, -0.15) is 0 Å². The standard InChI is InChI=1S/C12H24OSi/c1-8-9-10-11(2)13-14(6,7)12(3,4)5/h1,11H,9-10H2,2-7H3. The van der Waals surface area contributed by atoms with Gasteiger partial charge in [0.1, 0.15) is 0 Å². The van der Waals surface area contributed by atoms with Crippen molar-refractivity contribution in [1.29, 1.82) is 0 Å². The van der Waals surface area contributed by atoms with Crippen molar-refractivity contribution in [2.45, 2.75) is 64.8 Å². The molecule has 0 rings (SSSR count). The van der Waals surface area contributed by atoms with E-state index in [1.165, 1.54) is 0 Å². The Balaban J connectivity index is 4.17. The van der Waals surface area contributed by atoms with E-state index < -0.39 is 8.32 Å². The first-order valence-corrected chi connectivity index (χ1v) is 8.23. The van der Waals surface area contributed by atoms with E-state index in [9.17, 15) is 0 Å². The molecule has 82 valence electrons. The molecular weight excluding hydrogens is 188 g/mol. The largest absolute Gasteiger partial charge is 0.414 e. The van der Waals surface area contributed by atoms with Crippen LogP contribution in [0.1, 0.15) is 40.5 Å². The maximum atomic E-state index is 6.15. The van der Waals surface area contributed by atoms with Gasteiger partial charge in [-0.1, -0.05) is 20.8 Å². The van der Waals surface area contributed by atoms with E-state index in [4.69, 9.17) is 10.8 Å². The first-order valence-electron chi connectivity index (χ1n) is 5.32. The first-order chi connectivity index (χ1) is 6.20. The van der Waals surface area contributed by atoms with Gasteiger partial charge in [-0.3, -0.25) is 0 Å². The molecule has 0 aromatic rings. The zero-order chi connectivity index (χ0) is 11.4. The minimum Gasteiger partial charge on any atom is -0.414 e. The Morgan fingerprint density at radius 1 is 1.36 bits per heavy atom. The van der Waals surface area contributed by atoms with E-state index in [1.54, 1.807) is 0 Å². The van der Waals surface area contributed by atoms with Crippen LogP contribution in [0.2, 0.25) is 18.1 Å². The highest BCUT2D eigenvalue weighted by Gasteiger charge is 2.38. The smallest absolute Gasteiger partial charge is 0.192 e. The zero-order valence-electron chi connectivity index (χ0n) is 10.5. The lowest BCUT2D eigenvalue weighted by Gasteiger charge is -2.38. The predicted octanol–water partition coefficient (Wildman–Crippen LogP) is 3.81. The average molecular weight is 212 g/mol. The van der Waals surface area contributed by atoms with E-state index in [0.717, 1.165) is 12.8 Å². The first kappa shape index (κ1) is 13.7. The van der Waals surface area contributed by atoms with E-state index in [0.29, 0.717) is 6.10 Å². The molecule has 1 atom stereocenters. The molecular formula is C12H24OSi. The van der Waals surface area contributed by atoms with Crippen LogP contribution in [0.25, 0.3) is 0 Å². The molecule has 0 spiro atoms. The summed E-state index contributed by atoms with van der Waals surface area (Å²) in [7, 11) is -1.59. The van der Waals surface area contributed by atoms with Gasteiger partial charge in [-0.15, -0.1) is 12.3 Å². The second-order valence-corrected chi connectivity index (χ2v) is 10.2. The molecule has 0 heterocycles. The molecule has 0 fully saturated rings. The van der Waals surface area contributed by atoms with Crippen LogP contribution in [-0.4, -0.2) is 14.4 Å². The number of terminal acetylenes is 1. The highest BCUT2D eigenvalue weighted by Crippen LogP contribution is 2.37. The third-order valence-corrected chi connectivity index (χ3v) is 7.60. The third kappa shape index (κ3) is 4.30. The van der Waals surface area contributed by atoms with Crippen molar-refractivity contribution in [3.8, 4) is 12.3 Å². The van der Waals surface area contributed by atoms with E-state index in [2.05, 4.69) is 46.7 Å². The Morgan fingerprint density at radius 3 is 2.21 bits per heavy atom. The lowest BCUT2D eigenvalue weighted by Crippen LogP contribution is -2.43. The second kappa shape index (κ2) is 5.00. The van der Waals surface area contributed by atoms with Crippen LogP contribution in [0.3, 0.4) is 0 Å². The monoisotopic (exact) mass is 212 g/mol. The van der Waals surface area contributed by atoms with Crippen molar-refractivity contribution in [2.24, 2.45) is 0 Å². The summed E-state index contributed by atoms with van der Waals surface area (Å²) < 4.78 is 6.15. The fourth-order valence-electron chi connectivity index (χ4n) is 1.03. The topological polar surface area (TPSA) is 9.23 Å². The number of rotatable bonds is 4. The Labute approximate surface area is 90.4 Å². The van der Waals surface area contributed by atoms with Crippen molar-refractivity contribution in [3.05, 3.63) is 0 Å². The number of hydrogen-bond acceptors (Lipinski definition) is 1. The van der Waals surface area contributed by atoms with Crippen LogP contribution < -0.4 is 0 Å². The van der Waals surface area contributed by atoms with Gasteiger partial charge in [-0.25, -0.2) is 0 Å². The summed E-state index contributed by atoms with van der Waals surface area (Å²) in [6.07, 6.45) is 7.32. The Kier molecular flexibility index (Phi) is 4.90. The molecule has 0 radical (unpaired) electrons. The Bertz CT molecular complexity index is 207. The predicted molar refractivity (Wildman–Crippen MR) is 65.8 cm³/mol. The fourth-order valence-corrected chi connectivity index (χ4v) is 2.50. The normalized spacial score (nSPS) is 14.9. The fraction of sp³-hybridized carbons (Fsp3) is 0.833. The summed E-state index contributed by atoms with van der Waals surface area (Å²) in [6, 6.07) is 0. The second-order valence-electron chi connectivity index (χ2n) is 5.43. The molecule has 0 aliphatic carbocycles. The molecule has 0 aromatic heterocycles. The average Bonchev–Trinajstić information content (AvgIpc) is 1.97. The molecule has 0 bridgehead atoms. The van der Waals surface area contributed by atoms with Crippen molar-refractivity contribution in [1.82, 2.24) is 0 Å². The molecule has 0 aliphatic heterocycles. The Morgan fingerprint density at radius 2 is 1.86 bits per heavy atom. The summed E-state index contributed by atoms with van der Waals surface area (Å²) >= 11 is 0. The molecule has 1 unspecified atom stereocenters. The van der Waals surface area contributed by atoms with Crippen molar-refractivity contribution in [2.75, 3.05) is 0 Å². The van der Waals surface area contributed by atoms with Crippen LogP contribution in [0.5, 0.6) is 0 Å². The lowest BCUT2D eigenvalue weighted by atomic mass is 10.2. The van der Waals surface area contributed by atoms with Gasteiger partial charge < -0.3 is 4.43 Å². The van der Waals surface area contributed by atoms with Crippen LogP contribution in [0.4, 0.5) is 0 Å². The van der Waals surface area contributed by atoms with Crippen LogP contribution >= 0.6 is 0 Å². The van der Waals surface area contributed by atoms with Crippen molar-refractivity contribution >= 4 is 8.32 Å². The molecule has 1 nitrogen and oxygen atoms in total. The van der Waals surface area contributed by atoms with Crippen LogP contribution in [0, 0.1) is 12.3 Å². The number of hydrogen-bond donors (Lipinski definition) is 0. The molecule has 0 saturated heterocycles. The molecule has 0 aromatic carbocycles. The highest BCUT2D eigenvalue weighted by molar-refractivity contribution is 6.74. The maximum Gasteiger partial charge on any atom is 0.192 e. The van der Waals surface area contributed by atoms with E-state index >= 15 is 0 Å². The highest BCUT2D eigenvalue weighted by atomic mass is 28.4. The molecule has 0 N–H and O–H groups in total. The van der Waals surface area contributed by atoms with Crippen molar-refractivity contribution in [3.63, 3.8) is 0 Å². The zero-order valence-corrected chi connectivity index (χ0v) is 11.5. The lowest BCUT2D eigenvalue weighted by molar-refractivity contribution is 0.191. The maximum absolute atomic E-state index is 6.15. The summed E-state index contributed by atoms with van der Waals surface area (Å²) in [5.74, 6) is 2.66. The molecule has 14 heavy (non-hydrogen) atoms. The minimum absolute atomic E-state index is 0.289. The molecule has 0 saturated carbocycles. The van der Waals surface area contributed by atoms with Gasteiger partial charge in [0.05, 0.1) is 0 Å². The Hall–Kier alpha value is -0.263. The molecule has 2 heteroatoms. The van der Waals surface area contributed by atoms with Gasteiger partial charge in [0.2, 0.25) is 0 Å². The van der Waals surface area contributed by atoms with E-state index in [-0.39, 0.29) is 5.04 Å².